The second-order valence-corrected chi connectivity index (χ2v) is 7.87. The molecule has 1 atom stereocenters. The lowest BCUT2D eigenvalue weighted by molar-refractivity contribution is -0.137. The highest BCUT2D eigenvalue weighted by atomic mass is 19.4. The molecule has 5 nitrogen and oxygen atoms in total. The lowest BCUT2D eigenvalue weighted by Crippen LogP contribution is -2.13. The van der Waals surface area contributed by atoms with Gasteiger partial charge in [0.15, 0.2) is 0 Å². The van der Waals surface area contributed by atoms with E-state index >= 15 is 0 Å². The summed E-state index contributed by atoms with van der Waals surface area (Å²) in [5.74, 6) is 0.400. The van der Waals surface area contributed by atoms with Gasteiger partial charge in [-0.3, -0.25) is 0 Å². The van der Waals surface area contributed by atoms with E-state index < -0.39 is 11.7 Å². The van der Waals surface area contributed by atoms with Crippen molar-refractivity contribution in [1.29, 1.82) is 0 Å². The van der Waals surface area contributed by atoms with Crippen LogP contribution in [0.4, 0.5) is 36.3 Å². The highest BCUT2D eigenvalue weighted by Crippen LogP contribution is 2.35. The smallest absolute Gasteiger partial charge is 0.421 e. The molecule has 3 aromatic rings. The van der Waals surface area contributed by atoms with Gasteiger partial charge < -0.3 is 15.4 Å². The summed E-state index contributed by atoms with van der Waals surface area (Å²) in [4.78, 5) is 7.97. The van der Waals surface area contributed by atoms with Crippen LogP contribution >= 0.6 is 0 Å². The van der Waals surface area contributed by atoms with E-state index in [0.29, 0.717) is 17.1 Å². The number of hydrogen-bond acceptors (Lipinski definition) is 5. The van der Waals surface area contributed by atoms with Crippen LogP contribution in [0.5, 0.6) is 5.75 Å². The second-order valence-electron chi connectivity index (χ2n) is 7.87. The lowest BCUT2D eigenvalue weighted by Gasteiger charge is -2.16. The highest BCUT2D eigenvalue weighted by molar-refractivity contribution is 5.63. The third kappa shape index (κ3) is 7.10. The molecule has 0 aliphatic rings. The van der Waals surface area contributed by atoms with Gasteiger partial charge in [0.1, 0.15) is 17.1 Å². The van der Waals surface area contributed by atoms with E-state index in [0.717, 1.165) is 31.9 Å². The second kappa shape index (κ2) is 11.0. The average molecular weight is 459 g/mol. The number of aryl methyl sites for hydroxylation is 1. The number of rotatable bonds is 10. The number of nitrogens with zero attached hydrogens (tertiary/aromatic N) is 2. The van der Waals surface area contributed by atoms with Crippen molar-refractivity contribution in [3.8, 4) is 5.75 Å². The fourth-order valence-electron chi connectivity index (χ4n) is 3.08. The number of hydrogen-bond donors (Lipinski definition) is 2. The molecule has 1 unspecified atom stereocenters. The van der Waals surface area contributed by atoms with Gasteiger partial charge in [-0.05, 0) is 68.1 Å². The summed E-state index contributed by atoms with van der Waals surface area (Å²) in [7, 11) is 0. The minimum absolute atomic E-state index is 0.0526. The zero-order valence-corrected chi connectivity index (χ0v) is 19.0. The quantitative estimate of drug-likeness (QED) is 0.329. The first kappa shape index (κ1) is 24.4. The Morgan fingerprint density at radius 1 is 0.939 bits per heavy atom. The molecule has 0 saturated carbocycles. The van der Waals surface area contributed by atoms with Gasteiger partial charge in [-0.15, -0.1) is 0 Å². The van der Waals surface area contributed by atoms with Crippen molar-refractivity contribution in [3.63, 3.8) is 0 Å². The van der Waals surface area contributed by atoms with Gasteiger partial charge in [0.05, 0.1) is 6.10 Å². The van der Waals surface area contributed by atoms with Crippen LogP contribution in [-0.2, 0) is 12.6 Å². The number of halogens is 3. The SMILES string of the molecule is CCCCc1ccc(Nc2ncc(C(F)(F)F)c(Nc3ccc(OC(C)CC)cc3)n2)cc1. The minimum Gasteiger partial charge on any atom is -0.491 e. The van der Waals surface area contributed by atoms with Crippen molar-refractivity contribution in [2.24, 2.45) is 0 Å². The van der Waals surface area contributed by atoms with E-state index in [9.17, 15) is 13.2 Å². The molecule has 1 heterocycles. The first-order chi connectivity index (χ1) is 15.8. The minimum atomic E-state index is -4.60. The molecule has 0 spiro atoms. The Hall–Kier alpha value is -3.29. The average Bonchev–Trinajstić information content (AvgIpc) is 2.79. The molecule has 176 valence electrons. The molecule has 0 aliphatic heterocycles. The van der Waals surface area contributed by atoms with Crippen LogP contribution in [0.3, 0.4) is 0 Å². The van der Waals surface area contributed by atoms with E-state index in [4.69, 9.17) is 4.74 Å². The maximum atomic E-state index is 13.5. The zero-order valence-electron chi connectivity index (χ0n) is 19.0. The predicted molar refractivity (Wildman–Crippen MR) is 125 cm³/mol. The summed E-state index contributed by atoms with van der Waals surface area (Å²) < 4.78 is 46.3. The van der Waals surface area contributed by atoms with Crippen molar-refractivity contribution < 1.29 is 17.9 Å². The summed E-state index contributed by atoms with van der Waals surface area (Å²) in [6.07, 6.45) is 0.305. The first-order valence-corrected chi connectivity index (χ1v) is 11.1. The number of alkyl halides is 3. The Bertz CT molecular complexity index is 1020. The van der Waals surface area contributed by atoms with Gasteiger partial charge >= 0.3 is 6.18 Å². The van der Waals surface area contributed by atoms with Crippen LogP contribution in [0.2, 0.25) is 0 Å². The topological polar surface area (TPSA) is 59.1 Å². The number of anilines is 4. The molecule has 3 rings (SSSR count). The van der Waals surface area contributed by atoms with Gasteiger partial charge in [-0.1, -0.05) is 32.4 Å². The van der Waals surface area contributed by atoms with Gasteiger partial charge in [0.25, 0.3) is 0 Å². The molecule has 2 N–H and O–H groups in total. The van der Waals surface area contributed by atoms with Crippen LogP contribution in [0.25, 0.3) is 0 Å². The third-order valence-electron chi connectivity index (χ3n) is 5.15. The number of unbranched alkanes of at least 4 members (excludes halogenated alkanes) is 1. The number of ether oxygens (including phenoxy) is 1. The van der Waals surface area contributed by atoms with Gasteiger partial charge in [-0.25, -0.2) is 4.98 Å². The molecule has 0 amide bonds. The van der Waals surface area contributed by atoms with E-state index in [1.165, 1.54) is 5.56 Å². The van der Waals surface area contributed by atoms with Crippen LogP contribution in [0.1, 0.15) is 51.2 Å². The first-order valence-electron chi connectivity index (χ1n) is 11.1. The van der Waals surface area contributed by atoms with E-state index in [1.54, 1.807) is 24.3 Å². The normalized spacial score (nSPS) is 12.3. The van der Waals surface area contributed by atoms with E-state index in [2.05, 4.69) is 27.5 Å². The standard InChI is InChI=1S/C25H29F3N4O/c1-4-6-7-18-8-10-20(11-9-18)31-24-29-16-22(25(26,27)28)23(32-24)30-19-12-14-21(15-13-19)33-17(3)5-2/h8-17H,4-7H2,1-3H3,(H2,29,30,31,32). The molecular weight excluding hydrogens is 429 g/mol. The van der Waals surface area contributed by atoms with Crippen LogP contribution in [0.15, 0.2) is 54.7 Å². The monoisotopic (exact) mass is 458 g/mol. The van der Waals surface area contributed by atoms with Gasteiger partial charge in [0, 0.05) is 17.6 Å². The maximum Gasteiger partial charge on any atom is 0.421 e. The molecule has 2 aromatic carbocycles. The van der Waals surface area contributed by atoms with E-state index in [-0.39, 0.29) is 17.9 Å². The largest absolute Gasteiger partial charge is 0.491 e. The highest BCUT2D eigenvalue weighted by Gasteiger charge is 2.35. The molecule has 1 aromatic heterocycles. The van der Waals surface area contributed by atoms with Crippen molar-refractivity contribution >= 4 is 23.1 Å². The summed E-state index contributed by atoms with van der Waals surface area (Å²) in [6.45, 7) is 6.11. The Morgan fingerprint density at radius 3 is 2.18 bits per heavy atom. The lowest BCUT2D eigenvalue weighted by atomic mass is 10.1. The van der Waals surface area contributed by atoms with Crippen molar-refractivity contribution in [3.05, 3.63) is 65.9 Å². The van der Waals surface area contributed by atoms with Crippen LogP contribution < -0.4 is 15.4 Å². The number of aromatic nitrogens is 2. The Morgan fingerprint density at radius 2 is 1.58 bits per heavy atom. The fraction of sp³-hybridized carbons (Fsp3) is 0.360. The predicted octanol–water partition coefficient (Wildman–Crippen LogP) is 7.50. The van der Waals surface area contributed by atoms with Gasteiger partial charge in [0.2, 0.25) is 5.95 Å². The fourth-order valence-corrected chi connectivity index (χ4v) is 3.08. The summed E-state index contributed by atoms with van der Waals surface area (Å²) in [5.41, 5.74) is 1.43. The Balaban J connectivity index is 1.79. The molecular formula is C25H29F3N4O. The third-order valence-corrected chi connectivity index (χ3v) is 5.15. The molecule has 33 heavy (non-hydrogen) atoms. The van der Waals surface area contributed by atoms with Gasteiger partial charge in [-0.2, -0.15) is 18.2 Å². The van der Waals surface area contributed by atoms with E-state index in [1.807, 2.05) is 38.1 Å². The summed E-state index contributed by atoms with van der Waals surface area (Å²) in [6, 6.07) is 14.5. The zero-order chi connectivity index (χ0) is 23.8. The number of benzene rings is 2. The molecule has 8 heteroatoms. The molecule has 0 saturated heterocycles. The Kier molecular flexibility index (Phi) is 8.14. The van der Waals surface area contributed by atoms with Crippen LogP contribution in [0, 0.1) is 0 Å². The maximum absolute atomic E-state index is 13.5. The molecule has 0 bridgehead atoms. The molecule has 0 radical (unpaired) electrons. The van der Waals surface area contributed by atoms with Crippen molar-refractivity contribution in [1.82, 2.24) is 9.97 Å². The van der Waals surface area contributed by atoms with Crippen molar-refractivity contribution in [2.75, 3.05) is 10.6 Å². The summed E-state index contributed by atoms with van der Waals surface area (Å²) >= 11 is 0. The molecule has 0 aliphatic carbocycles. The summed E-state index contributed by atoms with van der Waals surface area (Å²) in [5, 5.41) is 5.75. The Labute approximate surface area is 192 Å². The molecule has 0 fully saturated rings. The van der Waals surface area contributed by atoms with Crippen LogP contribution in [-0.4, -0.2) is 16.1 Å². The van der Waals surface area contributed by atoms with Crippen molar-refractivity contribution in [2.45, 2.75) is 58.7 Å². The number of nitrogens with one attached hydrogen (secondary N) is 2.